The van der Waals surface area contributed by atoms with E-state index in [9.17, 15) is 9.90 Å². The summed E-state index contributed by atoms with van der Waals surface area (Å²) in [4.78, 5) is 13.4. The Morgan fingerprint density at radius 2 is 2.05 bits per heavy atom. The molecule has 0 saturated heterocycles. The van der Waals surface area contributed by atoms with Crippen LogP contribution >= 0.6 is 0 Å². The van der Waals surface area contributed by atoms with Crippen molar-refractivity contribution in [3.05, 3.63) is 42.5 Å². The van der Waals surface area contributed by atoms with Crippen molar-refractivity contribution in [2.45, 2.75) is 18.9 Å². The SMILES string of the molecule is C=CCCC(=O)NCC(O)c1ccc(N(C)C)cc1. The molecule has 1 atom stereocenters. The van der Waals surface area contributed by atoms with Gasteiger partial charge in [-0.05, 0) is 24.1 Å². The summed E-state index contributed by atoms with van der Waals surface area (Å²) in [5.41, 5.74) is 1.88. The highest BCUT2D eigenvalue weighted by Gasteiger charge is 2.09. The number of aliphatic hydroxyl groups is 1. The molecule has 0 radical (unpaired) electrons. The largest absolute Gasteiger partial charge is 0.387 e. The lowest BCUT2D eigenvalue weighted by Crippen LogP contribution is -2.28. The molecule has 4 nitrogen and oxygen atoms in total. The Labute approximate surface area is 114 Å². The summed E-state index contributed by atoms with van der Waals surface area (Å²) < 4.78 is 0. The first-order chi connectivity index (χ1) is 9.04. The Bertz CT molecular complexity index is 413. The zero-order valence-electron chi connectivity index (χ0n) is 11.6. The van der Waals surface area contributed by atoms with Crippen LogP contribution in [0.3, 0.4) is 0 Å². The maximum Gasteiger partial charge on any atom is 0.220 e. The normalized spacial score (nSPS) is 11.7. The van der Waals surface area contributed by atoms with E-state index >= 15 is 0 Å². The molecule has 0 fully saturated rings. The topological polar surface area (TPSA) is 52.6 Å². The van der Waals surface area contributed by atoms with Crippen LogP contribution in [0.1, 0.15) is 24.5 Å². The van der Waals surface area contributed by atoms with E-state index in [-0.39, 0.29) is 12.5 Å². The zero-order chi connectivity index (χ0) is 14.3. The van der Waals surface area contributed by atoms with Crippen LogP contribution in [0, 0.1) is 0 Å². The van der Waals surface area contributed by atoms with Crippen LogP contribution < -0.4 is 10.2 Å². The fraction of sp³-hybridized carbons (Fsp3) is 0.400. The van der Waals surface area contributed by atoms with Crippen molar-refractivity contribution < 1.29 is 9.90 Å². The number of hydrogen-bond acceptors (Lipinski definition) is 3. The Kier molecular flexibility index (Phi) is 6.09. The van der Waals surface area contributed by atoms with E-state index in [2.05, 4.69) is 11.9 Å². The number of allylic oxidation sites excluding steroid dienone is 1. The molecule has 4 heteroatoms. The lowest BCUT2D eigenvalue weighted by Gasteiger charge is -2.15. The molecule has 1 aromatic carbocycles. The molecular formula is C15H22N2O2. The van der Waals surface area contributed by atoms with Crippen molar-refractivity contribution in [2.75, 3.05) is 25.5 Å². The third-order valence-electron chi connectivity index (χ3n) is 2.86. The van der Waals surface area contributed by atoms with Crippen LogP contribution in [0.4, 0.5) is 5.69 Å². The van der Waals surface area contributed by atoms with Crippen LogP contribution in [-0.4, -0.2) is 31.7 Å². The summed E-state index contributed by atoms with van der Waals surface area (Å²) in [6, 6.07) is 7.63. The molecule has 0 aliphatic rings. The number of benzene rings is 1. The van der Waals surface area contributed by atoms with Crippen molar-refractivity contribution in [1.82, 2.24) is 5.32 Å². The van der Waals surface area contributed by atoms with Crippen LogP contribution in [0.25, 0.3) is 0 Å². The number of aliphatic hydroxyl groups excluding tert-OH is 1. The van der Waals surface area contributed by atoms with Gasteiger partial charge in [-0.1, -0.05) is 18.2 Å². The highest BCUT2D eigenvalue weighted by atomic mass is 16.3. The minimum Gasteiger partial charge on any atom is -0.387 e. The quantitative estimate of drug-likeness (QED) is 0.738. The molecule has 0 aliphatic carbocycles. The van der Waals surface area contributed by atoms with E-state index < -0.39 is 6.10 Å². The van der Waals surface area contributed by atoms with Crippen molar-refractivity contribution in [3.8, 4) is 0 Å². The molecule has 0 bridgehead atoms. The second-order valence-corrected chi connectivity index (χ2v) is 4.63. The van der Waals surface area contributed by atoms with Gasteiger partial charge in [0.2, 0.25) is 5.91 Å². The highest BCUT2D eigenvalue weighted by molar-refractivity contribution is 5.76. The third kappa shape index (κ3) is 5.14. The second-order valence-electron chi connectivity index (χ2n) is 4.63. The van der Waals surface area contributed by atoms with Gasteiger partial charge < -0.3 is 15.3 Å². The minimum absolute atomic E-state index is 0.0659. The highest BCUT2D eigenvalue weighted by Crippen LogP contribution is 2.17. The monoisotopic (exact) mass is 262 g/mol. The first-order valence-corrected chi connectivity index (χ1v) is 6.37. The van der Waals surface area contributed by atoms with E-state index in [0.29, 0.717) is 12.8 Å². The van der Waals surface area contributed by atoms with Gasteiger partial charge in [-0.2, -0.15) is 0 Å². The molecule has 0 spiro atoms. The number of carbonyl (C=O) groups excluding carboxylic acids is 1. The number of rotatable bonds is 7. The molecule has 1 rings (SSSR count). The molecule has 0 aromatic heterocycles. The van der Waals surface area contributed by atoms with Gasteiger partial charge in [-0.3, -0.25) is 4.79 Å². The van der Waals surface area contributed by atoms with Crippen molar-refractivity contribution >= 4 is 11.6 Å². The predicted octanol–water partition coefficient (Wildman–Crippen LogP) is 1.87. The average molecular weight is 262 g/mol. The van der Waals surface area contributed by atoms with Gasteiger partial charge in [0.25, 0.3) is 0 Å². The van der Waals surface area contributed by atoms with Crippen molar-refractivity contribution in [2.24, 2.45) is 0 Å². The Hall–Kier alpha value is -1.81. The van der Waals surface area contributed by atoms with Crippen LogP contribution in [-0.2, 0) is 4.79 Å². The smallest absolute Gasteiger partial charge is 0.220 e. The molecule has 2 N–H and O–H groups in total. The van der Waals surface area contributed by atoms with Gasteiger partial charge in [-0.15, -0.1) is 6.58 Å². The van der Waals surface area contributed by atoms with Crippen LogP contribution in [0.5, 0.6) is 0 Å². The maximum absolute atomic E-state index is 11.4. The van der Waals surface area contributed by atoms with Crippen molar-refractivity contribution in [1.29, 1.82) is 0 Å². The number of anilines is 1. The van der Waals surface area contributed by atoms with Gasteiger partial charge >= 0.3 is 0 Å². The fourth-order valence-corrected chi connectivity index (χ4v) is 1.64. The number of nitrogens with one attached hydrogen (secondary N) is 1. The molecular weight excluding hydrogens is 240 g/mol. The van der Waals surface area contributed by atoms with Gasteiger partial charge in [0.1, 0.15) is 0 Å². The zero-order valence-corrected chi connectivity index (χ0v) is 11.6. The summed E-state index contributed by atoms with van der Waals surface area (Å²) in [5.74, 6) is -0.0659. The third-order valence-corrected chi connectivity index (χ3v) is 2.86. The lowest BCUT2D eigenvalue weighted by molar-refractivity contribution is -0.121. The summed E-state index contributed by atoms with van der Waals surface area (Å²) in [6.07, 6.45) is 2.09. The van der Waals surface area contributed by atoms with Crippen LogP contribution in [0.15, 0.2) is 36.9 Å². The molecule has 0 heterocycles. The summed E-state index contributed by atoms with van der Waals surface area (Å²) in [7, 11) is 3.93. The van der Waals surface area contributed by atoms with Gasteiger partial charge in [0.05, 0.1) is 6.10 Å². The predicted molar refractivity (Wildman–Crippen MR) is 78.2 cm³/mol. The first kappa shape index (κ1) is 15.2. The first-order valence-electron chi connectivity index (χ1n) is 6.37. The number of carbonyl (C=O) groups is 1. The summed E-state index contributed by atoms with van der Waals surface area (Å²) in [5, 5.41) is 12.7. The average Bonchev–Trinajstić information content (AvgIpc) is 2.42. The summed E-state index contributed by atoms with van der Waals surface area (Å²) >= 11 is 0. The van der Waals surface area contributed by atoms with E-state index in [1.165, 1.54) is 0 Å². The lowest BCUT2D eigenvalue weighted by atomic mass is 10.1. The van der Waals surface area contributed by atoms with Gasteiger partial charge in [0.15, 0.2) is 0 Å². The fourth-order valence-electron chi connectivity index (χ4n) is 1.64. The Balaban J connectivity index is 2.46. The number of amides is 1. The molecule has 1 amide bonds. The molecule has 1 unspecified atom stereocenters. The second kappa shape index (κ2) is 7.59. The Morgan fingerprint density at radius 1 is 1.42 bits per heavy atom. The van der Waals surface area contributed by atoms with Crippen molar-refractivity contribution in [3.63, 3.8) is 0 Å². The molecule has 1 aromatic rings. The number of hydrogen-bond donors (Lipinski definition) is 2. The maximum atomic E-state index is 11.4. The standard InChI is InChI=1S/C15H22N2O2/c1-4-5-6-15(19)16-11-14(18)12-7-9-13(10-8-12)17(2)3/h4,7-10,14,18H,1,5-6,11H2,2-3H3,(H,16,19). The molecule has 0 saturated carbocycles. The molecule has 104 valence electrons. The Morgan fingerprint density at radius 3 is 2.58 bits per heavy atom. The molecule has 0 aliphatic heterocycles. The summed E-state index contributed by atoms with van der Waals surface area (Å²) in [6.45, 7) is 3.80. The van der Waals surface area contributed by atoms with Crippen LogP contribution in [0.2, 0.25) is 0 Å². The van der Waals surface area contributed by atoms with E-state index in [4.69, 9.17) is 0 Å². The van der Waals surface area contributed by atoms with E-state index in [0.717, 1.165) is 11.3 Å². The number of nitrogens with zero attached hydrogens (tertiary/aromatic N) is 1. The minimum atomic E-state index is -0.677. The van der Waals surface area contributed by atoms with Gasteiger partial charge in [-0.25, -0.2) is 0 Å². The van der Waals surface area contributed by atoms with E-state index in [1.54, 1.807) is 6.08 Å². The van der Waals surface area contributed by atoms with Gasteiger partial charge in [0, 0.05) is 32.7 Å². The molecule has 19 heavy (non-hydrogen) atoms. The van der Waals surface area contributed by atoms with E-state index in [1.807, 2.05) is 43.3 Å².